The van der Waals surface area contributed by atoms with Crippen molar-refractivity contribution in [2.75, 3.05) is 0 Å². The lowest BCUT2D eigenvalue weighted by Gasteiger charge is -2.09. The Bertz CT molecular complexity index is 3350. The van der Waals surface area contributed by atoms with E-state index in [0.29, 0.717) is 5.56 Å². The van der Waals surface area contributed by atoms with Crippen molar-refractivity contribution in [1.29, 1.82) is 0 Å². The third-order valence-electron chi connectivity index (χ3n) is 11.1. The van der Waals surface area contributed by atoms with Crippen molar-refractivity contribution >= 4 is 81.2 Å². The molecule has 8 aromatic carbocycles. The van der Waals surface area contributed by atoms with Gasteiger partial charge in [0.1, 0.15) is 0 Å². The molecule has 0 radical (unpaired) electrons. The molecule has 3 aromatic heterocycles. The summed E-state index contributed by atoms with van der Waals surface area (Å²) in [6.45, 7) is 0. The number of hydrogen-bond donors (Lipinski definition) is 1. The lowest BCUT2D eigenvalue weighted by Crippen LogP contribution is -1.93. The predicted molar refractivity (Wildman–Crippen MR) is 254 cm³/mol. The van der Waals surface area contributed by atoms with Gasteiger partial charge in [-0.25, -0.2) is 0 Å². The molecule has 8 heteroatoms. The number of aromatic nitrogens is 3. The maximum atomic E-state index is 11.5. The molecule has 6 nitrogen and oxygen atoms in total. The monoisotopic (exact) mass is 904 g/mol. The molecule has 60 heavy (non-hydrogen) atoms. The van der Waals surface area contributed by atoms with Gasteiger partial charge in [-0.15, -0.1) is 0 Å². The van der Waals surface area contributed by atoms with E-state index in [-0.39, 0.29) is 10.6 Å². The Balaban J connectivity index is 0.000000145. The first-order valence-corrected chi connectivity index (χ1v) is 21.0. The maximum Gasteiger partial charge on any atom is 0.277 e. The van der Waals surface area contributed by atoms with Crippen LogP contribution in [-0.4, -0.2) is 19.0 Å². The number of nitro benzene ring substituents is 1. The standard InChI is InChI=1S/C26H17BrN2O2.C26H17BrN2/c27-22-9-13-26(29(30)31)24(17-22)20-8-12-25-21(16-20)14-15-28(25)23-10-6-19(7-11-23)18-4-2-1-3-5-18;27-19-8-12-24-23(16-19)21-11-13-25-22(26(21)28-24)14-15-29(25)20-9-6-18(7-10-20)17-4-2-1-3-5-17/h1-17H;1-16,28H. The minimum atomic E-state index is -0.342. The average Bonchev–Trinajstić information content (AvgIpc) is 4.02. The van der Waals surface area contributed by atoms with Gasteiger partial charge in [0.05, 0.1) is 27.0 Å². The molecule has 11 rings (SSSR count). The largest absolute Gasteiger partial charge is 0.354 e. The van der Waals surface area contributed by atoms with Gasteiger partial charge < -0.3 is 14.1 Å². The lowest BCUT2D eigenvalue weighted by atomic mass is 10.0. The first kappa shape index (κ1) is 37.3. The Morgan fingerprint density at radius 3 is 1.67 bits per heavy atom. The summed E-state index contributed by atoms with van der Waals surface area (Å²) in [5.74, 6) is 0. The summed E-state index contributed by atoms with van der Waals surface area (Å²) in [6, 6.07) is 64.0. The fraction of sp³-hybridized carbons (Fsp3) is 0. The summed E-state index contributed by atoms with van der Waals surface area (Å²) in [7, 11) is 0. The van der Waals surface area contributed by atoms with Crippen molar-refractivity contribution in [2.45, 2.75) is 0 Å². The number of aromatic amines is 1. The number of nitro groups is 1. The van der Waals surface area contributed by atoms with Gasteiger partial charge in [-0.2, -0.15) is 0 Å². The van der Waals surface area contributed by atoms with Crippen LogP contribution in [-0.2, 0) is 0 Å². The van der Waals surface area contributed by atoms with E-state index in [9.17, 15) is 10.1 Å². The zero-order chi connectivity index (χ0) is 40.7. The van der Waals surface area contributed by atoms with Crippen LogP contribution in [0, 0.1) is 10.1 Å². The van der Waals surface area contributed by atoms with Crippen LogP contribution >= 0.6 is 31.9 Å². The van der Waals surface area contributed by atoms with E-state index >= 15 is 0 Å². The molecule has 0 bridgehead atoms. The van der Waals surface area contributed by atoms with E-state index in [1.54, 1.807) is 12.1 Å². The molecule has 0 aliphatic heterocycles. The molecule has 3 heterocycles. The Morgan fingerprint density at radius 1 is 0.467 bits per heavy atom. The number of hydrogen-bond acceptors (Lipinski definition) is 2. The molecule has 0 fully saturated rings. The van der Waals surface area contributed by atoms with Gasteiger partial charge in [-0.05, 0) is 113 Å². The fourth-order valence-corrected chi connectivity index (χ4v) is 8.83. The van der Waals surface area contributed by atoms with E-state index in [1.807, 2.05) is 54.7 Å². The second-order valence-electron chi connectivity index (χ2n) is 14.6. The van der Waals surface area contributed by atoms with Crippen molar-refractivity contribution in [1.82, 2.24) is 14.1 Å². The molecule has 1 N–H and O–H groups in total. The predicted octanol–water partition coefficient (Wildman–Crippen LogP) is 15.3. The molecule has 0 aliphatic carbocycles. The smallest absolute Gasteiger partial charge is 0.277 e. The van der Waals surface area contributed by atoms with E-state index in [4.69, 9.17) is 0 Å². The molecule has 11 aromatic rings. The third-order valence-corrected chi connectivity index (χ3v) is 12.1. The number of nitrogens with zero attached hydrogens (tertiary/aromatic N) is 3. The molecule has 288 valence electrons. The van der Waals surface area contributed by atoms with E-state index in [1.165, 1.54) is 55.5 Å². The van der Waals surface area contributed by atoms with Gasteiger partial charge in [0.2, 0.25) is 0 Å². The quantitative estimate of drug-likeness (QED) is 0.133. The van der Waals surface area contributed by atoms with Crippen LogP contribution in [0.2, 0.25) is 0 Å². The van der Waals surface area contributed by atoms with Crippen molar-refractivity contribution in [3.05, 3.63) is 220 Å². The lowest BCUT2D eigenvalue weighted by molar-refractivity contribution is -0.384. The molecule has 0 saturated carbocycles. The minimum Gasteiger partial charge on any atom is -0.354 e. The normalized spacial score (nSPS) is 11.3. The average molecular weight is 907 g/mol. The van der Waals surface area contributed by atoms with Gasteiger partial charge in [0.15, 0.2) is 0 Å². The Hall–Kier alpha value is -7.00. The Labute approximate surface area is 362 Å². The number of halogens is 2. The summed E-state index contributed by atoms with van der Waals surface area (Å²) in [6.07, 6.45) is 4.18. The van der Waals surface area contributed by atoms with Crippen LogP contribution in [0.15, 0.2) is 209 Å². The van der Waals surface area contributed by atoms with Crippen LogP contribution in [0.4, 0.5) is 5.69 Å². The third kappa shape index (κ3) is 7.00. The first-order chi connectivity index (χ1) is 29.4. The number of nitrogens with one attached hydrogen (secondary N) is 1. The van der Waals surface area contributed by atoms with Crippen molar-refractivity contribution in [3.63, 3.8) is 0 Å². The molecule has 0 amide bonds. The van der Waals surface area contributed by atoms with Gasteiger partial charge in [0, 0.05) is 65.8 Å². The molecule has 0 spiro atoms. The second kappa shape index (κ2) is 15.6. The molecule has 0 saturated heterocycles. The molecular formula is C52H34Br2N4O2. The van der Waals surface area contributed by atoms with Crippen molar-refractivity contribution in [2.24, 2.45) is 0 Å². The highest BCUT2D eigenvalue weighted by atomic mass is 79.9. The van der Waals surface area contributed by atoms with Crippen LogP contribution in [0.3, 0.4) is 0 Å². The van der Waals surface area contributed by atoms with Gasteiger partial charge in [-0.1, -0.05) is 129 Å². The summed E-state index contributed by atoms with van der Waals surface area (Å²) < 4.78 is 6.29. The Morgan fingerprint density at radius 2 is 1.02 bits per heavy atom. The fourth-order valence-electron chi connectivity index (χ4n) is 8.11. The van der Waals surface area contributed by atoms with Crippen LogP contribution < -0.4 is 0 Å². The van der Waals surface area contributed by atoms with Crippen molar-refractivity contribution < 1.29 is 4.92 Å². The van der Waals surface area contributed by atoms with Gasteiger partial charge in [-0.3, -0.25) is 10.1 Å². The summed E-state index contributed by atoms with van der Waals surface area (Å²) in [5.41, 5.74) is 13.2. The summed E-state index contributed by atoms with van der Waals surface area (Å²) >= 11 is 7.01. The van der Waals surface area contributed by atoms with Crippen LogP contribution in [0.25, 0.3) is 88.4 Å². The highest BCUT2D eigenvalue weighted by Gasteiger charge is 2.17. The van der Waals surface area contributed by atoms with E-state index in [0.717, 1.165) is 42.3 Å². The number of benzene rings is 8. The SMILES string of the molecule is Brc1ccc2[nH]c3c(ccc4c3ccn4-c3ccc(-c4ccccc4)cc3)c2c1.O=[N+]([O-])c1ccc(Br)cc1-c1ccc2c(ccn2-c2ccc(-c3ccccc3)cc2)c1. The minimum absolute atomic E-state index is 0.0958. The van der Waals surface area contributed by atoms with Gasteiger partial charge in [0.25, 0.3) is 5.69 Å². The topological polar surface area (TPSA) is 68.8 Å². The second-order valence-corrected chi connectivity index (χ2v) is 16.5. The number of fused-ring (bicyclic) bond motifs is 6. The number of H-pyrrole nitrogens is 1. The summed E-state index contributed by atoms with van der Waals surface area (Å²) in [5, 5.41) is 16.2. The molecule has 0 unspecified atom stereocenters. The maximum absolute atomic E-state index is 11.5. The molecular weight excluding hydrogens is 872 g/mol. The van der Waals surface area contributed by atoms with Gasteiger partial charge >= 0.3 is 0 Å². The van der Waals surface area contributed by atoms with Crippen molar-refractivity contribution in [3.8, 4) is 44.8 Å². The molecule has 0 atom stereocenters. The van der Waals surface area contributed by atoms with Crippen LogP contribution in [0.1, 0.15) is 0 Å². The number of rotatable bonds is 6. The Kier molecular flexibility index (Phi) is 9.72. The summed E-state index contributed by atoms with van der Waals surface area (Å²) in [4.78, 5) is 14.7. The zero-order valence-electron chi connectivity index (χ0n) is 32.0. The highest BCUT2D eigenvalue weighted by Crippen LogP contribution is 2.36. The highest BCUT2D eigenvalue weighted by molar-refractivity contribution is 9.10. The van der Waals surface area contributed by atoms with E-state index < -0.39 is 0 Å². The van der Waals surface area contributed by atoms with Crippen LogP contribution in [0.5, 0.6) is 0 Å². The molecule has 0 aliphatic rings. The zero-order valence-corrected chi connectivity index (χ0v) is 35.1. The van der Waals surface area contributed by atoms with E-state index in [2.05, 4.69) is 174 Å². The first-order valence-electron chi connectivity index (χ1n) is 19.5.